The maximum atomic E-state index is 13.0. The Morgan fingerprint density at radius 3 is 2.65 bits per heavy atom. The molecule has 1 amide bonds. The minimum Gasteiger partial charge on any atom is -0.324 e. The molecule has 1 atom stereocenters. The summed E-state index contributed by atoms with van der Waals surface area (Å²) in [5, 5.41) is 7.61. The Bertz CT molecular complexity index is 1360. The molecule has 1 unspecified atom stereocenters. The standard InChI is InChI=1S/C21H18ClN5O3S/c1-14(27-12-4-11-24-27)21(28)25-15-5-2-6-16(13-15)26-31(29,30)19-9-8-18(22)20-17(19)7-3-10-23-20/h2-14,26H,1H3,(H,25,28). The summed E-state index contributed by atoms with van der Waals surface area (Å²) in [4.78, 5) is 16.7. The summed E-state index contributed by atoms with van der Waals surface area (Å²) in [5.74, 6) is -0.279. The van der Waals surface area contributed by atoms with Gasteiger partial charge in [0.25, 0.3) is 10.0 Å². The normalized spacial score (nSPS) is 12.5. The predicted octanol–water partition coefficient (Wildman–Crippen LogP) is 4.09. The molecule has 0 bridgehead atoms. The second kappa shape index (κ2) is 8.37. The van der Waals surface area contributed by atoms with Gasteiger partial charge in [-0.05, 0) is 55.5 Å². The van der Waals surface area contributed by atoms with Crippen LogP contribution in [0.3, 0.4) is 0 Å². The first kappa shape index (κ1) is 20.8. The van der Waals surface area contributed by atoms with Crippen LogP contribution in [-0.4, -0.2) is 29.1 Å². The highest BCUT2D eigenvalue weighted by Crippen LogP contribution is 2.29. The number of aromatic nitrogens is 3. The number of carbonyl (C=O) groups excluding carboxylic acids is 1. The first-order valence-corrected chi connectivity index (χ1v) is 11.2. The number of rotatable bonds is 6. The average molecular weight is 456 g/mol. The molecule has 0 fully saturated rings. The van der Waals surface area contributed by atoms with E-state index in [9.17, 15) is 13.2 Å². The van der Waals surface area contributed by atoms with Gasteiger partial charge in [0.15, 0.2) is 0 Å². The molecule has 10 heteroatoms. The van der Waals surface area contributed by atoms with Crippen molar-refractivity contribution in [2.75, 3.05) is 10.0 Å². The lowest BCUT2D eigenvalue weighted by molar-refractivity contribution is -0.119. The average Bonchev–Trinajstić information content (AvgIpc) is 3.28. The minimum atomic E-state index is -3.93. The largest absolute Gasteiger partial charge is 0.324 e. The number of sulfonamides is 1. The van der Waals surface area contributed by atoms with Crippen molar-refractivity contribution >= 4 is 49.8 Å². The quantitative estimate of drug-likeness (QED) is 0.455. The van der Waals surface area contributed by atoms with E-state index in [1.165, 1.54) is 16.8 Å². The number of halogens is 1. The smallest absolute Gasteiger partial charge is 0.262 e. The molecule has 4 aromatic rings. The van der Waals surface area contributed by atoms with Crippen LogP contribution in [0.5, 0.6) is 0 Å². The molecule has 0 saturated heterocycles. The highest BCUT2D eigenvalue weighted by molar-refractivity contribution is 7.93. The van der Waals surface area contributed by atoms with Gasteiger partial charge in [0.05, 0.1) is 21.1 Å². The van der Waals surface area contributed by atoms with E-state index in [2.05, 4.69) is 20.1 Å². The monoisotopic (exact) mass is 455 g/mol. The molecule has 2 aromatic carbocycles. The number of carbonyl (C=O) groups is 1. The lowest BCUT2D eigenvalue weighted by Gasteiger charge is -2.14. The summed E-state index contributed by atoms with van der Waals surface area (Å²) in [6, 6.07) is 13.9. The van der Waals surface area contributed by atoms with Gasteiger partial charge in [-0.25, -0.2) is 8.42 Å². The number of hydrogen-bond acceptors (Lipinski definition) is 5. The Labute approximate surface area is 183 Å². The van der Waals surface area contributed by atoms with Gasteiger partial charge < -0.3 is 5.32 Å². The molecule has 0 radical (unpaired) electrons. The molecule has 0 spiro atoms. The zero-order valence-corrected chi connectivity index (χ0v) is 17.9. The van der Waals surface area contributed by atoms with Gasteiger partial charge in [-0.3, -0.25) is 19.2 Å². The molecule has 8 nitrogen and oxygen atoms in total. The summed E-state index contributed by atoms with van der Waals surface area (Å²) in [6.45, 7) is 1.72. The minimum absolute atomic E-state index is 0.0572. The van der Waals surface area contributed by atoms with Gasteiger partial charge in [-0.15, -0.1) is 0 Å². The van der Waals surface area contributed by atoms with E-state index in [1.807, 2.05) is 0 Å². The van der Waals surface area contributed by atoms with E-state index >= 15 is 0 Å². The van der Waals surface area contributed by atoms with Crippen LogP contribution < -0.4 is 10.0 Å². The topological polar surface area (TPSA) is 106 Å². The summed E-state index contributed by atoms with van der Waals surface area (Å²) in [6.07, 6.45) is 4.84. The number of fused-ring (bicyclic) bond motifs is 1. The van der Waals surface area contributed by atoms with Crippen LogP contribution in [0.25, 0.3) is 10.9 Å². The molecule has 0 saturated carbocycles. The molecule has 4 rings (SSSR count). The highest BCUT2D eigenvalue weighted by Gasteiger charge is 2.20. The fourth-order valence-corrected chi connectivity index (χ4v) is 4.56. The second-order valence-corrected chi connectivity index (χ2v) is 8.84. The van der Waals surface area contributed by atoms with Crippen molar-refractivity contribution in [1.29, 1.82) is 0 Å². The zero-order chi connectivity index (χ0) is 22.0. The lowest BCUT2D eigenvalue weighted by Crippen LogP contribution is -2.24. The van der Waals surface area contributed by atoms with Gasteiger partial charge in [0.2, 0.25) is 5.91 Å². The van der Waals surface area contributed by atoms with Crippen LogP contribution in [0.2, 0.25) is 5.02 Å². The van der Waals surface area contributed by atoms with Gasteiger partial charge in [0, 0.05) is 29.7 Å². The SMILES string of the molecule is CC(C(=O)Nc1cccc(NS(=O)(=O)c2ccc(Cl)c3ncccc23)c1)n1cccn1. The van der Waals surface area contributed by atoms with Crippen LogP contribution in [0.15, 0.2) is 78.1 Å². The molecular formula is C21H18ClN5O3S. The summed E-state index contributed by atoms with van der Waals surface area (Å²) in [7, 11) is -3.93. The van der Waals surface area contributed by atoms with Crippen molar-refractivity contribution in [1.82, 2.24) is 14.8 Å². The van der Waals surface area contributed by atoms with Gasteiger partial charge in [0.1, 0.15) is 6.04 Å². The van der Waals surface area contributed by atoms with E-state index in [4.69, 9.17) is 11.6 Å². The van der Waals surface area contributed by atoms with Crippen molar-refractivity contribution in [2.24, 2.45) is 0 Å². The Morgan fingerprint density at radius 1 is 1.06 bits per heavy atom. The van der Waals surface area contributed by atoms with Crippen molar-refractivity contribution in [2.45, 2.75) is 17.9 Å². The molecule has 0 aliphatic carbocycles. The zero-order valence-electron chi connectivity index (χ0n) is 16.4. The molecule has 2 aromatic heterocycles. The van der Waals surface area contributed by atoms with Crippen molar-refractivity contribution in [3.05, 3.63) is 78.2 Å². The molecular weight excluding hydrogens is 438 g/mol. The van der Waals surface area contributed by atoms with Crippen molar-refractivity contribution in [3.63, 3.8) is 0 Å². The first-order valence-electron chi connectivity index (χ1n) is 9.31. The molecule has 0 aliphatic heterocycles. The fraction of sp³-hybridized carbons (Fsp3) is 0.0952. The van der Waals surface area contributed by atoms with Crippen LogP contribution in [0.1, 0.15) is 13.0 Å². The van der Waals surface area contributed by atoms with E-state index in [0.29, 0.717) is 27.3 Å². The van der Waals surface area contributed by atoms with E-state index in [1.54, 1.807) is 68.0 Å². The third-order valence-electron chi connectivity index (χ3n) is 4.65. The third-order valence-corrected chi connectivity index (χ3v) is 6.40. The summed E-state index contributed by atoms with van der Waals surface area (Å²) in [5.41, 5.74) is 1.16. The Hall–Kier alpha value is -3.43. The Balaban J connectivity index is 1.58. The lowest BCUT2D eigenvalue weighted by atomic mass is 10.2. The Morgan fingerprint density at radius 2 is 1.87 bits per heavy atom. The second-order valence-electron chi connectivity index (χ2n) is 6.78. The molecule has 158 valence electrons. The number of nitrogens with zero attached hydrogens (tertiary/aromatic N) is 3. The maximum absolute atomic E-state index is 13.0. The summed E-state index contributed by atoms with van der Waals surface area (Å²) < 4.78 is 30.2. The van der Waals surface area contributed by atoms with E-state index in [0.717, 1.165) is 0 Å². The molecule has 2 heterocycles. The number of nitrogens with one attached hydrogen (secondary N) is 2. The van der Waals surface area contributed by atoms with E-state index in [-0.39, 0.29) is 10.8 Å². The maximum Gasteiger partial charge on any atom is 0.262 e. The molecule has 2 N–H and O–H groups in total. The van der Waals surface area contributed by atoms with Crippen LogP contribution >= 0.6 is 11.6 Å². The Kier molecular flexibility index (Phi) is 5.62. The number of anilines is 2. The fourth-order valence-electron chi connectivity index (χ4n) is 3.09. The van der Waals surface area contributed by atoms with Crippen molar-refractivity contribution in [3.8, 4) is 0 Å². The van der Waals surface area contributed by atoms with E-state index < -0.39 is 16.1 Å². The number of benzene rings is 2. The van der Waals surface area contributed by atoms with Crippen LogP contribution in [0, 0.1) is 0 Å². The number of pyridine rings is 1. The number of amides is 1. The van der Waals surface area contributed by atoms with Gasteiger partial charge >= 0.3 is 0 Å². The highest BCUT2D eigenvalue weighted by atomic mass is 35.5. The molecule has 0 aliphatic rings. The molecule has 31 heavy (non-hydrogen) atoms. The predicted molar refractivity (Wildman–Crippen MR) is 120 cm³/mol. The van der Waals surface area contributed by atoms with Gasteiger partial charge in [-0.2, -0.15) is 5.10 Å². The van der Waals surface area contributed by atoms with Crippen LogP contribution in [-0.2, 0) is 14.8 Å². The van der Waals surface area contributed by atoms with Gasteiger partial charge in [-0.1, -0.05) is 17.7 Å². The third kappa shape index (κ3) is 4.37. The first-order chi connectivity index (χ1) is 14.8. The van der Waals surface area contributed by atoms with Crippen LogP contribution in [0.4, 0.5) is 11.4 Å². The summed E-state index contributed by atoms with van der Waals surface area (Å²) >= 11 is 6.15. The van der Waals surface area contributed by atoms with Crippen molar-refractivity contribution < 1.29 is 13.2 Å². The number of hydrogen-bond donors (Lipinski definition) is 2.